The van der Waals surface area contributed by atoms with E-state index in [2.05, 4.69) is 4.98 Å². The van der Waals surface area contributed by atoms with Gasteiger partial charge in [0.15, 0.2) is 0 Å². The van der Waals surface area contributed by atoms with E-state index >= 15 is 0 Å². The largest absolute Gasteiger partial charge is 0.470 e. The third-order valence-corrected chi connectivity index (χ3v) is 4.73. The molecule has 1 aromatic rings. The van der Waals surface area contributed by atoms with Gasteiger partial charge >= 0.3 is 0 Å². The minimum atomic E-state index is 0.0211. The van der Waals surface area contributed by atoms with Crippen molar-refractivity contribution in [2.24, 2.45) is 5.92 Å². The van der Waals surface area contributed by atoms with Gasteiger partial charge in [-0.1, -0.05) is 37.3 Å². The molecule has 114 valence electrons. The first kappa shape index (κ1) is 14.6. The highest BCUT2D eigenvalue weighted by Gasteiger charge is 2.33. The number of pyridine rings is 1. The predicted octanol–water partition coefficient (Wildman–Crippen LogP) is 3.30. The van der Waals surface area contributed by atoms with E-state index in [1.54, 1.807) is 18.3 Å². The van der Waals surface area contributed by atoms with Gasteiger partial charge in [0.05, 0.1) is 13.1 Å². The van der Waals surface area contributed by atoms with Gasteiger partial charge in [0.1, 0.15) is 11.1 Å². The normalized spacial score (nSPS) is 19.6. The van der Waals surface area contributed by atoms with Crippen LogP contribution in [0.5, 0.6) is 5.88 Å². The van der Waals surface area contributed by atoms with Crippen molar-refractivity contribution < 1.29 is 9.53 Å². The Morgan fingerprint density at radius 3 is 2.86 bits per heavy atom. The topological polar surface area (TPSA) is 42.4 Å². The first-order valence-electron chi connectivity index (χ1n) is 7.77. The molecule has 1 aromatic heterocycles. The molecule has 2 aliphatic rings. The van der Waals surface area contributed by atoms with Crippen molar-refractivity contribution in [3.63, 3.8) is 0 Å². The number of halogens is 1. The maximum absolute atomic E-state index is 12.1. The molecular weight excluding hydrogens is 288 g/mol. The van der Waals surface area contributed by atoms with Crippen LogP contribution >= 0.6 is 11.6 Å². The van der Waals surface area contributed by atoms with Gasteiger partial charge in [0, 0.05) is 12.6 Å². The molecule has 1 aliphatic heterocycles. The number of hydrogen-bond donors (Lipinski definition) is 0. The number of likely N-dealkylation sites (tertiary alicyclic amines) is 1. The van der Waals surface area contributed by atoms with Gasteiger partial charge in [-0.15, -0.1) is 0 Å². The molecule has 0 radical (unpaired) electrons. The summed E-state index contributed by atoms with van der Waals surface area (Å²) in [6.07, 6.45) is 8.69. The summed E-state index contributed by atoms with van der Waals surface area (Å²) in [6, 6.07) is 3.53. The Morgan fingerprint density at radius 1 is 1.38 bits per heavy atom. The Bertz CT molecular complexity index is 497. The van der Waals surface area contributed by atoms with Crippen LogP contribution in [0.4, 0.5) is 0 Å². The van der Waals surface area contributed by atoms with Gasteiger partial charge < -0.3 is 9.64 Å². The fourth-order valence-electron chi connectivity index (χ4n) is 3.12. The molecule has 1 aliphatic carbocycles. The number of amides is 1. The highest BCUT2D eigenvalue weighted by molar-refractivity contribution is 6.31. The predicted molar refractivity (Wildman–Crippen MR) is 81.4 cm³/mol. The molecule has 2 heterocycles. The summed E-state index contributed by atoms with van der Waals surface area (Å²) in [4.78, 5) is 18.0. The summed E-state index contributed by atoms with van der Waals surface area (Å²) in [5.41, 5.74) is 0. The zero-order valence-corrected chi connectivity index (χ0v) is 12.9. The first-order chi connectivity index (χ1) is 10.2. The van der Waals surface area contributed by atoms with E-state index in [4.69, 9.17) is 16.3 Å². The second-order valence-corrected chi connectivity index (χ2v) is 6.43. The number of nitrogens with zero attached hydrogens (tertiary/aromatic N) is 2. The molecular formula is C16H21ClN2O2. The first-order valence-corrected chi connectivity index (χ1v) is 8.15. The van der Waals surface area contributed by atoms with Gasteiger partial charge in [-0.3, -0.25) is 4.79 Å². The molecule has 1 saturated carbocycles. The molecule has 4 nitrogen and oxygen atoms in total. The smallest absolute Gasteiger partial charge is 0.232 e. The minimum absolute atomic E-state index is 0.0211. The molecule has 2 fully saturated rings. The lowest BCUT2D eigenvalue weighted by Crippen LogP contribution is -2.56. The summed E-state index contributed by atoms with van der Waals surface area (Å²) >= 11 is 6.00. The van der Waals surface area contributed by atoms with E-state index in [1.807, 2.05) is 4.90 Å². The molecule has 0 unspecified atom stereocenters. The second kappa shape index (κ2) is 6.65. The number of rotatable bonds is 5. The third kappa shape index (κ3) is 3.67. The van der Waals surface area contributed by atoms with E-state index in [0.717, 1.165) is 12.3 Å². The standard InChI is InChI=1S/C16H21ClN2O2/c17-14-6-3-9-18-16(14)21-13-10-19(11-13)15(20)8-7-12-4-1-2-5-12/h3,6,9,12-13H,1-2,4-5,7-8,10-11H2. The van der Waals surface area contributed by atoms with Crippen molar-refractivity contribution in [3.05, 3.63) is 23.4 Å². The Balaban J connectivity index is 1.39. The fourth-order valence-corrected chi connectivity index (χ4v) is 3.28. The minimum Gasteiger partial charge on any atom is -0.470 e. The monoisotopic (exact) mass is 308 g/mol. The summed E-state index contributed by atoms with van der Waals surface area (Å²) in [6.45, 7) is 1.30. The van der Waals surface area contributed by atoms with Crippen LogP contribution in [0.2, 0.25) is 5.02 Å². The molecule has 21 heavy (non-hydrogen) atoms. The third-order valence-electron chi connectivity index (χ3n) is 4.44. The van der Waals surface area contributed by atoms with Crippen LogP contribution in [0, 0.1) is 5.92 Å². The Labute approximate surface area is 130 Å². The van der Waals surface area contributed by atoms with Gasteiger partial charge in [-0.2, -0.15) is 0 Å². The van der Waals surface area contributed by atoms with E-state index in [1.165, 1.54) is 25.7 Å². The Kier molecular flexibility index (Phi) is 4.63. The van der Waals surface area contributed by atoms with Gasteiger partial charge in [-0.25, -0.2) is 4.98 Å². The number of aromatic nitrogens is 1. The number of carbonyl (C=O) groups excluding carboxylic acids is 1. The van der Waals surface area contributed by atoms with Crippen LogP contribution in [-0.2, 0) is 4.79 Å². The molecule has 0 atom stereocenters. The average molecular weight is 309 g/mol. The van der Waals surface area contributed by atoms with Gasteiger partial charge in [0.2, 0.25) is 11.8 Å². The molecule has 0 bridgehead atoms. The maximum atomic E-state index is 12.1. The average Bonchev–Trinajstić information content (AvgIpc) is 2.95. The van der Waals surface area contributed by atoms with E-state index in [0.29, 0.717) is 30.4 Å². The highest BCUT2D eigenvalue weighted by atomic mass is 35.5. The highest BCUT2D eigenvalue weighted by Crippen LogP contribution is 2.29. The second-order valence-electron chi connectivity index (χ2n) is 6.02. The molecule has 3 rings (SSSR count). The lowest BCUT2D eigenvalue weighted by Gasteiger charge is -2.39. The van der Waals surface area contributed by atoms with Crippen LogP contribution < -0.4 is 4.74 Å². The molecule has 5 heteroatoms. The zero-order valence-electron chi connectivity index (χ0n) is 12.1. The van der Waals surface area contributed by atoms with Crippen molar-refractivity contribution in [3.8, 4) is 5.88 Å². The molecule has 0 aromatic carbocycles. The van der Waals surface area contributed by atoms with Crippen molar-refractivity contribution in [2.45, 2.75) is 44.6 Å². The van der Waals surface area contributed by atoms with E-state index in [9.17, 15) is 4.79 Å². The summed E-state index contributed by atoms with van der Waals surface area (Å²) in [7, 11) is 0. The van der Waals surface area contributed by atoms with Crippen LogP contribution in [0.15, 0.2) is 18.3 Å². The van der Waals surface area contributed by atoms with Crippen LogP contribution in [0.3, 0.4) is 0 Å². The fraction of sp³-hybridized carbons (Fsp3) is 0.625. The van der Waals surface area contributed by atoms with E-state index < -0.39 is 0 Å². The van der Waals surface area contributed by atoms with Crippen molar-refractivity contribution in [1.82, 2.24) is 9.88 Å². The maximum Gasteiger partial charge on any atom is 0.232 e. The van der Waals surface area contributed by atoms with Crippen LogP contribution in [0.1, 0.15) is 38.5 Å². The van der Waals surface area contributed by atoms with Crippen molar-refractivity contribution in [2.75, 3.05) is 13.1 Å². The van der Waals surface area contributed by atoms with Crippen molar-refractivity contribution in [1.29, 1.82) is 0 Å². The molecule has 1 saturated heterocycles. The molecule has 0 N–H and O–H groups in total. The van der Waals surface area contributed by atoms with Gasteiger partial charge in [0.25, 0.3) is 0 Å². The summed E-state index contributed by atoms with van der Waals surface area (Å²) in [5.74, 6) is 1.49. The zero-order chi connectivity index (χ0) is 14.7. The van der Waals surface area contributed by atoms with Crippen LogP contribution in [0.25, 0.3) is 0 Å². The molecule has 1 amide bonds. The lowest BCUT2D eigenvalue weighted by atomic mass is 10.0. The number of ether oxygens (including phenoxy) is 1. The summed E-state index contributed by atoms with van der Waals surface area (Å²) in [5, 5.41) is 0.517. The van der Waals surface area contributed by atoms with Gasteiger partial charge in [-0.05, 0) is 24.5 Å². The Hall–Kier alpha value is -1.29. The van der Waals surface area contributed by atoms with Crippen molar-refractivity contribution >= 4 is 17.5 Å². The summed E-state index contributed by atoms with van der Waals surface area (Å²) < 4.78 is 5.70. The molecule has 0 spiro atoms. The van der Waals surface area contributed by atoms with E-state index in [-0.39, 0.29) is 12.0 Å². The van der Waals surface area contributed by atoms with Crippen LogP contribution in [-0.4, -0.2) is 35.0 Å². The SMILES string of the molecule is O=C(CCC1CCCC1)N1CC(Oc2ncccc2Cl)C1. The number of hydrogen-bond acceptors (Lipinski definition) is 3. The Morgan fingerprint density at radius 2 is 2.14 bits per heavy atom. The number of carbonyl (C=O) groups is 1. The quantitative estimate of drug-likeness (QED) is 0.838. The lowest BCUT2D eigenvalue weighted by molar-refractivity contribution is -0.140.